The monoisotopic (exact) mass is 588 g/mol. The third kappa shape index (κ3) is 6.59. The van der Waals surface area contributed by atoms with Crippen molar-refractivity contribution < 1.29 is 31.5 Å². The summed E-state index contributed by atoms with van der Waals surface area (Å²) in [6.07, 6.45) is -1.52. The van der Waals surface area contributed by atoms with E-state index in [9.17, 15) is 32.4 Å². The summed E-state index contributed by atoms with van der Waals surface area (Å²) >= 11 is 0. The van der Waals surface area contributed by atoms with Gasteiger partial charge in [0.05, 0.1) is 17.5 Å². The molecule has 42 heavy (non-hydrogen) atoms. The van der Waals surface area contributed by atoms with Crippen LogP contribution in [0.25, 0.3) is 11.1 Å². The van der Waals surface area contributed by atoms with Crippen LogP contribution in [0.2, 0.25) is 0 Å². The predicted molar refractivity (Wildman–Crippen MR) is 145 cm³/mol. The van der Waals surface area contributed by atoms with Crippen LogP contribution in [0.4, 0.5) is 22.0 Å². The van der Waals surface area contributed by atoms with Gasteiger partial charge in [0.25, 0.3) is 0 Å². The van der Waals surface area contributed by atoms with Gasteiger partial charge in [-0.3, -0.25) is 14.9 Å². The average Bonchev–Trinajstić information content (AvgIpc) is 3.77. The third-order valence-corrected chi connectivity index (χ3v) is 8.20. The fourth-order valence-electron chi connectivity index (χ4n) is 5.23. The van der Waals surface area contributed by atoms with Gasteiger partial charge in [-0.1, -0.05) is 36.4 Å². The first-order valence-electron chi connectivity index (χ1n) is 14.1. The topological polar surface area (TPSA) is 94.0 Å². The molecule has 2 amide bonds. The van der Waals surface area contributed by atoms with Crippen LogP contribution in [0.15, 0.2) is 42.5 Å². The van der Waals surface area contributed by atoms with Crippen LogP contribution in [0.1, 0.15) is 76.0 Å². The summed E-state index contributed by atoms with van der Waals surface area (Å²) in [4.78, 5) is 25.6. The normalized spacial score (nSPS) is 20.1. The van der Waals surface area contributed by atoms with Gasteiger partial charge in [-0.25, -0.2) is 8.78 Å². The molecule has 3 fully saturated rings. The lowest BCUT2D eigenvalue weighted by atomic mass is 9.92. The number of hydrogen-bond acceptors (Lipinski definition) is 4. The van der Waals surface area contributed by atoms with E-state index < -0.39 is 53.0 Å². The summed E-state index contributed by atoms with van der Waals surface area (Å²) in [5, 5.41) is 17.0. The Kier molecular flexibility index (Phi) is 7.59. The second-order valence-corrected chi connectivity index (χ2v) is 12.4. The molecule has 2 aromatic carbocycles. The minimum absolute atomic E-state index is 0.102. The Balaban J connectivity index is 1.35. The predicted octanol–water partition coefficient (Wildman–Crippen LogP) is 5.68. The Morgan fingerprint density at radius 2 is 1.67 bits per heavy atom. The van der Waals surface area contributed by atoms with Gasteiger partial charge in [0.2, 0.25) is 11.8 Å². The van der Waals surface area contributed by atoms with Gasteiger partial charge in [0.1, 0.15) is 23.1 Å². The Bertz CT molecular complexity index is 1400. The van der Waals surface area contributed by atoms with Crippen molar-refractivity contribution in [1.82, 2.24) is 16.0 Å². The van der Waals surface area contributed by atoms with Crippen molar-refractivity contribution in [1.29, 1.82) is 5.26 Å². The summed E-state index contributed by atoms with van der Waals surface area (Å²) in [6.45, 7) is 2.32. The summed E-state index contributed by atoms with van der Waals surface area (Å²) in [7, 11) is 0. The summed E-state index contributed by atoms with van der Waals surface area (Å²) in [6, 6.07) is 7.84. The van der Waals surface area contributed by atoms with Gasteiger partial charge in [-0.15, -0.1) is 0 Å². The second-order valence-electron chi connectivity index (χ2n) is 12.4. The maximum atomic E-state index is 15.2. The Hall–Kier alpha value is -3.52. The van der Waals surface area contributed by atoms with Crippen molar-refractivity contribution in [2.45, 2.75) is 99.7 Å². The largest absolute Gasteiger partial charge is 0.407 e. The first-order chi connectivity index (χ1) is 19.6. The zero-order chi connectivity index (χ0) is 30.5. The standard InChI is InChI=1S/C31H33F5N4O2/c1-28(2,33)16-24(26(41)40-29(17-37)11-12-29)39-25(31(34,35)36)19-5-3-18(4-6-19)22-10-7-20(15-23(22)32)30(13-14-30)27(42)38-21-8-9-21/h3-7,10,15,21,24-25,39H,8-9,11-14,16H2,1-2H3,(H,38,42)(H,40,41)/t24-,25-/m0/s1. The van der Waals surface area contributed by atoms with E-state index >= 15 is 4.39 Å². The highest BCUT2D eigenvalue weighted by Crippen LogP contribution is 2.49. The molecule has 2 atom stereocenters. The number of rotatable bonds is 11. The summed E-state index contributed by atoms with van der Waals surface area (Å²) in [5.41, 5.74) is -3.01. The van der Waals surface area contributed by atoms with E-state index in [0.717, 1.165) is 26.7 Å². The number of benzene rings is 2. The Labute approximate surface area is 241 Å². The molecule has 0 saturated heterocycles. The molecule has 0 bridgehead atoms. The fourth-order valence-corrected chi connectivity index (χ4v) is 5.23. The molecule has 11 heteroatoms. The molecule has 3 N–H and O–H groups in total. The summed E-state index contributed by atoms with van der Waals surface area (Å²) < 4.78 is 72.5. The molecular formula is C31H33F5N4O2. The van der Waals surface area contributed by atoms with Gasteiger partial charge in [0, 0.05) is 18.0 Å². The lowest BCUT2D eigenvalue weighted by Gasteiger charge is -2.30. The van der Waals surface area contributed by atoms with Crippen LogP contribution in [-0.2, 0) is 15.0 Å². The molecular weight excluding hydrogens is 555 g/mol. The highest BCUT2D eigenvalue weighted by molar-refractivity contribution is 5.92. The number of amides is 2. The smallest absolute Gasteiger partial charge is 0.353 e. The molecule has 0 unspecified atom stereocenters. The number of alkyl halides is 4. The maximum Gasteiger partial charge on any atom is 0.407 e. The third-order valence-electron chi connectivity index (χ3n) is 8.20. The van der Waals surface area contributed by atoms with Gasteiger partial charge in [-0.2, -0.15) is 18.4 Å². The van der Waals surface area contributed by atoms with Crippen LogP contribution in [0.3, 0.4) is 0 Å². The van der Waals surface area contributed by atoms with Crippen LogP contribution in [0.5, 0.6) is 0 Å². The summed E-state index contributed by atoms with van der Waals surface area (Å²) in [5.74, 6) is -1.58. The molecule has 0 radical (unpaired) electrons. The molecule has 3 aliphatic rings. The maximum absolute atomic E-state index is 15.2. The average molecular weight is 589 g/mol. The number of nitrogens with zero attached hydrogens (tertiary/aromatic N) is 1. The Morgan fingerprint density at radius 3 is 2.14 bits per heavy atom. The number of carbonyl (C=O) groups excluding carboxylic acids is 2. The van der Waals surface area contributed by atoms with E-state index in [0.29, 0.717) is 36.8 Å². The first-order valence-corrected chi connectivity index (χ1v) is 14.1. The molecule has 0 spiro atoms. The van der Waals surface area contributed by atoms with Crippen molar-refractivity contribution >= 4 is 11.8 Å². The zero-order valence-corrected chi connectivity index (χ0v) is 23.4. The number of nitriles is 1. The molecule has 0 heterocycles. The van der Waals surface area contributed by atoms with Crippen molar-refractivity contribution in [2.75, 3.05) is 0 Å². The number of carbonyl (C=O) groups is 2. The lowest BCUT2D eigenvalue weighted by Crippen LogP contribution is -2.53. The minimum atomic E-state index is -4.85. The van der Waals surface area contributed by atoms with E-state index in [-0.39, 0.29) is 23.1 Å². The zero-order valence-electron chi connectivity index (χ0n) is 23.4. The molecule has 3 saturated carbocycles. The Morgan fingerprint density at radius 1 is 1.02 bits per heavy atom. The van der Waals surface area contributed by atoms with Gasteiger partial charge in [-0.05, 0) is 75.1 Å². The lowest BCUT2D eigenvalue weighted by molar-refractivity contribution is -0.161. The SMILES string of the molecule is CC(C)(F)C[C@H](N[C@@H](c1ccc(-c2ccc(C3(C(=O)NC4CC4)CC3)cc2F)cc1)C(F)(F)F)C(=O)NC1(C#N)CC1. The van der Waals surface area contributed by atoms with Gasteiger partial charge < -0.3 is 10.6 Å². The highest BCUT2D eigenvalue weighted by Gasteiger charge is 2.52. The van der Waals surface area contributed by atoms with E-state index in [1.165, 1.54) is 36.4 Å². The van der Waals surface area contributed by atoms with Crippen molar-refractivity contribution in [2.24, 2.45) is 0 Å². The van der Waals surface area contributed by atoms with E-state index in [1.54, 1.807) is 6.07 Å². The van der Waals surface area contributed by atoms with Crippen LogP contribution >= 0.6 is 0 Å². The molecule has 2 aromatic rings. The van der Waals surface area contributed by atoms with E-state index in [1.807, 2.05) is 6.07 Å². The van der Waals surface area contributed by atoms with Crippen molar-refractivity contribution in [3.05, 3.63) is 59.4 Å². The van der Waals surface area contributed by atoms with Gasteiger partial charge in [0.15, 0.2) is 0 Å². The van der Waals surface area contributed by atoms with E-state index in [4.69, 9.17) is 0 Å². The molecule has 6 nitrogen and oxygen atoms in total. The first kappa shape index (κ1) is 30.0. The minimum Gasteiger partial charge on any atom is -0.353 e. The van der Waals surface area contributed by atoms with Crippen molar-refractivity contribution in [3.63, 3.8) is 0 Å². The van der Waals surface area contributed by atoms with Crippen LogP contribution in [-0.4, -0.2) is 41.3 Å². The molecule has 0 aromatic heterocycles. The molecule has 5 rings (SSSR count). The molecule has 3 aliphatic carbocycles. The number of halogens is 5. The number of hydrogen-bond donors (Lipinski definition) is 3. The van der Waals surface area contributed by atoms with Crippen LogP contribution in [0, 0.1) is 17.1 Å². The fraction of sp³-hybridized carbons (Fsp3) is 0.516. The highest BCUT2D eigenvalue weighted by atomic mass is 19.4. The van der Waals surface area contributed by atoms with Crippen LogP contribution < -0.4 is 16.0 Å². The molecule has 0 aliphatic heterocycles. The van der Waals surface area contributed by atoms with Gasteiger partial charge >= 0.3 is 6.18 Å². The van der Waals surface area contributed by atoms with E-state index in [2.05, 4.69) is 16.0 Å². The quantitative estimate of drug-likeness (QED) is 0.295. The van der Waals surface area contributed by atoms with Crippen molar-refractivity contribution in [3.8, 4) is 17.2 Å². The second kappa shape index (κ2) is 10.6. The number of nitrogens with one attached hydrogen (secondary N) is 3. The molecule has 224 valence electrons.